The maximum absolute atomic E-state index is 11.1. The first-order chi connectivity index (χ1) is 14.4. The maximum Gasteiger partial charge on any atom is 0.188 e. The highest BCUT2D eigenvalue weighted by atomic mass is 16.7. The molecule has 1 N–H and O–H groups in total. The van der Waals surface area contributed by atoms with Gasteiger partial charge in [0.1, 0.15) is 5.75 Å². The van der Waals surface area contributed by atoms with Crippen molar-refractivity contribution < 1.29 is 24.1 Å². The van der Waals surface area contributed by atoms with Crippen LogP contribution >= 0.6 is 0 Å². The van der Waals surface area contributed by atoms with Gasteiger partial charge in [-0.05, 0) is 58.9 Å². The normalized spacial score (nSPS) is 11.5. The van der Waals surface area contributed by atoms with Crippen molar-refractivity contribution >= 4 is 0 Å². The summed E-state index contributed by atoms with van der Waals surface area (Å²) in [5.41, 5.74) is 4.24. The molecule has 0 aliphatic carbocycles. The number of phenols is 1. The third-order valence-corrected chi connectivity index (χ3v) is 4.84. The molecule has 0 atom stereocenters. The highest BCUT2D eigenvalue weighted by Crippen LogP contribution is 2.41. The Hall–Kier alpha value is -1.98. The molecular formula is C25H40O5. The second kappa shape index (κ2) is 14.9. The fourth-order valence-corrected chi connectivity index (χ4v) is 3.16. The molecule has 0 spiro atoms. The summed E-state index contributed by atoms with van der Waals surface area (Å²) in [7, 11) is 3.16. The van der Waals surface area contributed by atoms with E-state index in [0.717, 1.165) is 44.1 Å². The van der Waals surface area contributed by atoms with Crippen LogP contribution in [0.25, 0.3) is 0 Å². The zero-order chi connectivity index (χ0) is 22.4. The van der Waals surface area contributed by atoms with Gasteiger partial charge in [-0.25, -0.2) is 0 Å². The van der Waals surface area contributed by atoms with Gasteiger partial charge in [0.05, 0.1) is 0 Å². The zero-order valence-electron chi connectivity index (χ0n) is 19.7. The lowest BCUT2D eigenvalue weighted by atomic mass is 9.99. The van der Waals surface area contributed by atoms with Gasteiger partial charge in [-0.3, -0.25) is 0 Å². The summed E-state index contributed by atoms with van der Waals surface area (Å²) in [6, 6.07) is 1.97. The molecule has 1 aromatic rings. The minimum absolute atomic E-state index is 0.0869. The molecule has 0 saturated carbocycles. The summed E-state index contributed by atoms with van der Waals surface area (Å²) in [4.78, 5) is 0. The van der Waals surface area contributed by atoms with Crippen molar-refractivity contribution in [3.8, 4) is 17.2 Å². The Bertz CT molecular complexity index is 687. The standard InChI is InChI=1S/C25H40O5/c1-7-8-9-13-21-16-23(29-17-27-5)22(24(26)25(21)30-18-28-6)15-14-20(4)12-10-11-19(2)3/h11,14,16,26H,7-10,12-13,15,17-18H2,1-6H3/b20-14+. The number of aryl methyl sites for hydroxylation is 1. The Morgan fingerprint density at radius 3 is 2.33 bits per heavy atom. The second-order valence-corrected chi connectivity index (χ2v) is 7.82. The van der Waals surface area contributed by atoms with Crippen molar-refractivity contribution in [3.05, 3.63) is 40.5 Å². The first-order valence-electron chi connectivity index (χ1n) is 10.8. The average molecular weight is 421 g/mol. The molecule has 0 heterocycles. The molecule has 0 aliphatic rings. The number of benzene rings is 1. The molecular weight excluding hydrogens is 380 g/mol. The van der Waals surface area contributed by atoms with Crippen LogP contribution in [0.15, 0.2) is 29.4 Å². The van der Waals surface area contributed by atoms with E-state index in [9.17, 15) is 5.11 Å². The molecule has 5 heteroatoms. The molecule has 0 saturated heterocycles. The van der Waals surface area contributed by atoms with E-state index >= 15 is 0 Å². The van der Waals surface area contributed by atoms with Gasteiger partial charge < -0.3 is 24.1 Å². The Kier molecular flexibility index (Phi) is 13.0. The fraction of sp³-hybridized carbons (Fsp3) is 0.600. The quantitative estimate of drug-likeness (QED) is 0.204. The van der Waals surface area contributed by atoms with Crippen LogP contribution in [0.5, 0.6) is 17.2 Å². The summed E-state index contributed by atoms with van der Waals surface area (Å²) >= 11 is 0. The molecule has 5 nitrogen and oxygen atoms in total. The van der Waals surface area contributed by atoms with Gasteiger partial charge in [-0.1, -0.05) is 43.1 Å². The number of hydrogen-bond donors (Lipinski definition) is 1. The number of phenolic OH excluding ortho intramolecular Hbond substituents is 1. The molecule has 0 aromatic heterocycles. The summed E-state index contributed by atoms with van der Waals surface area (Å²) in [6.07, 6.45) is 11.0. The minimum atomic E-state index is 0.0869. The molecule has 1 aromatic carbocycles. The van der Waals surface area contributed by atoms with Crippen molar-refractivity contribution in [2.24, 2.45) is 0 Å². The van der Waals surface area contributed by atoms with Crippen molar-refractivity contribution in [2.45, 2.75) is 72.6 Å². The van der Waals surface area contributed by atoms with Crippen LogP contribution < -0.4 is 9.47 Å². The highest BCUT2D eigenvalue weighted by Gasteiger charge is 2.19. The smallest absolute Gasteiger partial charge is 0.188 e. The Morgan fingerprint density at radius 2 is 1.70 bits per heavy atom. The predicted octanol–water partition coefficient (Wildman–Crippen LogP) is 6.33. The first kappa shape index (κ1) is 26.1. The summed E-state index contributed by atoms with van der Waals surface area (Å²) in [6.45, 7) is 8.72. The third-order valence-electron chi connectivity index (χ3n) is 4.84. The number of methoxy groups -OCH3 is 2. The Labute approximate surface area is 182 Å². The topological polar surface area (TPSA) is 57.2 Å². The van der Waals surface area contributed by atoms with E-state index in [0.29, 0.717) is 23.5 Å². The van der Waals surface area contributed by atoms with Gasteiger partial charge in [-0.2, -0.15) is 0 Å². The number of aromatic hydroxyl groups is 1. The van der Waals surface area contributed by atoms with E-state index in [1.807, 2.05) is 6.07 Å². The summed E-state index contributed by atoms with van der Waals surface area (Å²) in [5, 5.41) is 11.1. The molecule has 0 amide bonds. The monoisotopic (exact) mass is 420 g/mol. The summed E-state index contributed by atoms with van der Waals surface area (Å²) < 4.78 is 21.7. The number of unbranched alkanes of at least 4 members (excludes halogenated alkanes) is 2. The maximum atomic E-state index is 11.1. The van der Waals surface area contributed by atoms with Crippen molar-refractivity contribution in [1.29, 1.82) is 0 Å². The Morgan fingerprint density at radius 1 is 1.00 bits per heavy atom. The molecule has 1 rings (SSSR count). The van der Waals surface area contributed by atoms with E-state index in [4.69, 9.17) is 18.9 Å². The van der Waals surface area contributed by atoms with Gasteiger partial charge in [0.2, 0.25) is 0 Å². The summed E-state index contributed by atoms with van der Waals surface area (Å²) in [5.74, 6) is 1.25. The van der Waals surface area contributed by atoms with E-state index < -0.39 is 0 Å². The lowest BCUT2D eigenvalue weighted by Gasteiger charge is -2.19. The zero-order valence-corrected chi connectivity index (χ0v) is 19.7. The lowest BCUT2D eigenvalue weighted by molar-refractivity contribution is 0.0455. The van der Waals surface area contributed by atoms with E-state index in [1.165, 1.54) is 11.1 Å². The van der Waals surface area contributed by atoms with Crippen LogP contribution in [0.1, 0.15) is 70.9 Å². The van der Waals surface area contributed by atoms with E-state index in [1.54, 1.807) is 14.2 Å². The molecule has 0 unspecified atom stereocenters. The van der Waals surface area contributed by atoms with Crippen LogP contribution in [0.3, 0.4) is 0 Å². The van der Waals surface area contributed by atoms with Crippen LogP contribution in [0.2, 0.25) is 0 Å². The van der Waals surface area contributed by atoms with Gasteiger partial charge in [0.15, 0.2) is 25.1 Å². The average Bonchev–Trinajstić information content (AvgIpc) is 2.71. The number of rotatable bonds is 15. The SMILES string of the molecule is CCCCCc1cc(OCOC)c(C/C=C(\C)CCC=C(C)C)c(O)c1OCOC. The van der Waals surface area contributed by atoms with Crippen LogP contribution in [-0.2, 0) is 22.3 Å². The predicted molar refractivity (Wildman–Crippen MR) is 122 cm³/mol. The third kappa shape index (κ3) is 9.23. The van der Waals surface area contributed by atoms with Gasteiger partial charge in [-0.15, -0.1) is 0 Å². The lowest BCUT2D eigenvalue weighted by Crippen LogP contribution is -2.07. The van der Waals surface area contributed by atoms with Crippen LogP contribution in [0, 0.1) is 0 Å². The first-order valence-corrected chi connectivity index (χ1v) is 10.8. The number of ether oxygens (including phenoxy) is 4. The molecule has 0 bridgehead atoms. The molecule has 170 valence electrons. The number of hydrogen-bond acceptors (Lipinski definition) is 5. The van der Waals surface area contributed by atoms with Crippen LogP contribution in [-0.4, -0.2) is 32.9 Å². The largest absolute Gasteiger partial charge is 0.504 e. The second-order valence-electron chi connectivity index (χ2n) is 7.82. The molecule has 30 heavy (non-hydrogen) atoms. The van der Waals surface area contributed by atoms with Gasteiger partial charge >= 0.3 is 0 Å². The van der Waals surface area contributed by atoms with Crippen molar-refractivity contribution in [1.82, 2.24) is 0 Å². The van der Waals surface area contributed by atoms with E-state index in [2.05, 4.69) is 39.8 Å². The van der Waals surface area contributed by atoms with Crippen molar-refractivity contribution in [3.63, 3.8) is 0 Å². The van der Waals surface area contributed by atoms with Crippen molar-refractivity contribution in [2.75, 3.05) is 27.8 Å². The van der Waals surface area contributed by atoms with E-state index in [-0.39, 0.29) is 19.3 Å². The number of allylic oxidation sites excluding steroid dienone is 4. The highest BCUT2D eigenvalue weighted by molar-refractivity contribution is 5.58. The Balaban J connectivity index is 3.20. The molecule has 0 fully saturated rings. The minimum Gasteiger partial charge on any atom is -0.504 e. The molecule has 0 aliphatic heterocycles. The van der Waals surface area contributed by atoms with Gasteiger partial charge in [0, 0.05) is 25.3 Å². The fourth-order valence-electron chi connectivity index (χ4n) is 3.16. The van der Waals surface area contributed by atoms with Gasteiger partial charge in [0.25, 0.3) is 0 Å². The molecule has 0 radical (unpaired) electrons. The van der Waals surface area contributed by atoms with Crippen LogP contribution in [0.4, 0.5) is 0 Å².